The van der Waals surface area contributed by atoms with Crippen molar-refractivity contribution in [2.75, 3.05) is 5.88 Å². The average molecular weight is 288 g/mol. The molecule has 0 amide bonds. The molecule has 0 spiro atoms. The Labute approximate surface area is 127 Å². The van der Waals surface area contributed by atoms with Crippen molar-refractivity contribution in [3.8, 4) is 0 Å². The number of hydrogen-bond donors (Lipinski definition) is 1. The number of halogens is 1. The van der Waals surface area contributed by atoms with E-state index in [2.05, 4.69) is 68.6 Å². The second-order valence-corrected chi connectivity index (χ2v) is 5.87. The molecule has 2 heteroatoms. The Morgan fingerprint density at radius 2 is 1.70 bits per heavy atom. The first kappa shape index (κ1) is 15.1. The van der Waals surface area contributed by atoms with E-state index in [0.717, 1.165) is 6.54 Å². The lowest BCUT2D eigenvalue weighted by Crippen LogP contribution is -2.40. The van der Waals surface area contributed by atoms with Crippen LogP contribution in [0.15, 0.2) is 48.5 Å². The fraction of sp³-hybridized carbons (Fsp3) is 0.333. The first-order valence-electron chi connectivity index (χ1n) is 6.98. The van der Waals surface area contributed by atoms with Crippen LogP contribution in [0.1, 0.15) is 29.2 Å². The molecule has 20 heavy (non-hydrogen) atoms. The summed E-state index contributed by atoms with van der Waals surface area (Å²) in [5.74, 6) is 0.544. The molecule has 1 N–H and O–H groups in total. The molecule has 1 nitrogen and oxygen atoms in total. The Morgan fingerprint density at radius 1 is 1.00 bits per heavy atom. The quantitative estimate of drug-likeness (QED) is 0.796. The van der Waals surface area contributed by atoms with Gasteiger partial charge in [0.1, 0.15) is 0 Å². The Bertz CT molecular complexity index is 565. The first-order chi connectivity index (χ1) is 9.55. The van der Waals surface area contributed by atoms with Gasteiger partial charge in [-0.1, -0.05) is 48.5 Å². The van der Waals surface area contributed by atoms with Crippen molar-refractivity contribution in [2.45, 2.75) is 32.9 Å². The largest absolute Gasteiger partial charge is 0.303 e. The van der Waals surface area contributed by atoms with E-state index < -0.39 is 0 Å². The van der Waals surface area contributed by atoms with Crippen LogP contribution in [0.5, 0.6) is 0 Å². The molecule has 0 aliphatic rings. The van der Waals surface area contributed by atoms with Crippen molar-refractivity contribution in [1.29, 1.82) is 0 Å². The lowest BCUT2D eigenvalue weighted by Gasteiger charge is -2.29. The van der Waals surface area contributed by atoms with Gasteiger partial charge in [0, 0.05) is 12.4 Å². The molecule has 2 aromatic rings. The third-order valence-corrected chi connectivity index (χ3v) is 4.47. The second kappa shape index (κ2) is 6.43. The number of aryl methyl sites for hydroxylation is 2. The predicted molar refractivity (Wildman–Crippen MR) is 87.3 cm³/mol. The lowest BCUT2D eigenvalue weighted by atomic mass is 9.93. The molecular formula is C18H22ClN. The average Bonchev–Trinajstić information content (AvgIpc) is 2.49. The van der Waals surface area contributed by atoms with E-state index in [4.69, 9.17) is 11.6 Å². The number of benzene rings is 2. The SMILES string of the molecule is Cc1ccc(CNC(C)(CCl)c2ccccc2)cc1C. The third-order valence-electron chi connectivity index (χ3n) is 3.93. The summed E-state index contributed by atoms with van der Waals surface area (Å²) in [4.78, 5) is 0. The minimum absolute atomic E-state index is 0.207. The smallest absolute Gasteiger partial charge is 0.0545 e. The van der Waals surface area contributed by atoms with Crippen molar-refractivity contribution in [3.05, 3.63) is 70.8 Å². The monoisotopic (exact) mass is 287 g/mol. The molecule has 0 radical (unpaired) electrons. The zero-order chi connectivity index (χ0) is 14.6. The highest BCUT2D eigenvalue weighted by atomic mass is 35.5. The van der Waals surface area contributed by atoms with Crippen LogP contribution in [0, 0.1) is 13.8 Å². The first-order valence-corrected chi connectivity index (χ1v) is 7.51. The van der Waals surface area contributed by atoms with E-state index in [1.165, 1.54) is 22.3 Å². The highest BCUT2D eigenvalue weighted by Crippen LogP contribution is 2.23. The number of nitrogens with one attached hydrogen (secondary N) is 1. The number of hydrogen-bond acceptors (Lipinski definition) is 1. The Morgan fingerprint density at radius 3 is 2.30 bits per heavy atom. The Hall–Kier alpha value is -1.31. The summed E-state index contributed by atoms with van der Waals surface area (Å²) in [5.41, 5.74) is 4.97. The van der Waals surface area contributed by atoms with Crippen LogP contribution < -0.4 is 5.32 Å². The van der Waals surface area contributed by atoms with Gasteiger partial charge in [-0.15, -0.1) is 11.6 Å². The van der Waals surface area contributed by atoms with E-state index in [-0.39, 0.29) is 5.54 Å². The van der Waals surface area contributed by atoms with E-state index >= 15 is 0 Å². The molecule has 0 heterocycles. The van der Waals surface area contributed by atoms with Crippen LogP contribution in [0.25, 0.3) is 0 Å². The minimum atomic E-state index is -0.207. The molecule has 0 aromatic heterocycles. The summed E-state index contributed by atoms with van der Waals surface area (Å²) in [6, 6.07) is 17.0. The molecule has 1 unspecified atom stereocenters. The Balaban J connectivity index is 2.13. The molecule has 0 aliphatic heterocycles. The zero-order valence-electron chi connectivity index (χ0n) is 12.4. The molecule has 0 fully saturated rings. The van der Waals surface area contributed by atoms with Crippen LogP contribution in [0.3, 0.4) is 0 Å². The molecule has 106 valence electrons. The summed E-state index contributed by atoms with van der Waals surface area (Å²) >= 11 is 6.20. The highest BCUT2D eigenvalue weighted by Gasteiger charge is 2.24. The molecule has 1 atom stereocenters. The zero-order valence-corrected chi connectivity index (χ0v) is 13.2. The predicted octanol–water partition coefficient (Wildman–Crippen LogP) is 4.55. The molecule has 0 saturated heterocycles. The number of alkyl halides is 1. The van der Waals surface area contributed by atoms with Crippen LogP contribution in [0.2, 0.25) is 0 Å². The molecule has 2 aromatic carbocycles. The van der Waals surface area contributed by atoms with Crippen molar-refractivity contribution >= 4 is 11.6 Å². The van der Waals surface area contributed by atoms with E-state index in [0.29, 0.717) is 5.88 Å². The fourth-order valence-corrected chi connectivity index (χ4v) is 2.49. The molecule has 0 saturated carbocycles. The summed E-state index contributed by atoms with van der Waals surface area (Å²) in [6.07, 6.45) is 0. The van der Waals surface area contributed by atoms with Crippen molar-refractivity contribution in [3.63, 3.8) is 0 Å². The fourth-order valence-electron chi connectivity index (χ4n) is 2.24. The van der Waals surface area contributed by atoms with Crippen molar-refractivity contribution in [1.82, 2.24) is 5.32 Å². The van der Waals surface area contributed by atoms with Gasteiger partial charge in [0.05, 0.1) is 5.54 Å². The summed E-state index contributed by atoms with van der Waals surface area (Å²) in [5, 5.41) is 3.59. The van der Waals surface area contributed by atoms with Gasteiger partial charge in [-0.3, -0.25) is 0 Å². The number of rotatable bonds is 5. The maximum absolute atomic E-state index is 6.20. The van der Waals surface area contributed by atoms with Gasteiger partial charge in [0.2, 0.25) is 0 Å². The maximum atomic E-state index is 6.20. The van der Waals surface area contributed by atoms with E-state index in [1.807, 2.05) is 6.07 Å². The second-order valence-electron chi connectivity index (χ2n) is 5.60. The summed E-state index contributed by atoms with van der Waals surface area (Å²) in [7, 11) is 0. The van der Waals surface area contributed by atoms with Gasteiger partial charge >= 0.3 is 0 Å². The maximum Gasteiger partial charge on any atom is 0.0545 e. The topological polar surface area (TPSA) is 12.0 Å². The van der Waals surface area contributed by atoms with Gasteiger partial charge in [0.25, 0.3) is 0 Å². The van der Waals surface area contributed by atoms with Gasteiger partial charge in [-0.05, 0) is 43.0 Å². The van der Waals surface area contributed by atoms with E-state index in [9.17, 15) is 0 Å². The molecule has 2 rings (SSSR count). The lowest BCUT2D eigenvalue weighted by molar-refractivity contribution is 0.406. The van der Waals surface area contributed by atoms with Crippen LogP contribution >= 0.6 is 11.6 Å². The van der Waals surface area contributed by atoms with Crippen LogP contribution in [-0.4, -0.2) is 5.88 Å². The molecule has 0 bridgehead atoms. The van der Waals surface area contributed by atoms with Crippen LogP contribution in [-0.2, 0) is 12.1 Å². The van der Waals surface area contributed by atoms with Gasteiger partial charge in [0.15, 0.2) is 0 Å². The van der Waals surface area contributed by atoms with Gasteiger partial charge in [-0.25, -0.2) is 0 Å². The third kappa shape index (κ3) is 3.41. The van der Waals surface area contributed by atoms with Gasteiger partial charge in [-0.2, -0.15) is 0 Å². The van der Waals surface area contributed by atoms with Crippen molar-refractivity contribution < 1.29 is 0 Å². The van der Waals surface area contributed by atoms with Crippen molar-refractivity contribution in [2.24, 2.45) is 0 Å². The highest BCUT2D eigenvalue weighted by molar-refractivity contribution is 6.18. The normalized spacial score (nSPS) is 14.0. The standard InChI is InChI=1S/C18H22ClN/c1-14-9-10-16(11-15(14)2)12-20-18(3,13-19)17-7-5-4-6-8-17/h4-11,20H,12-13H2,1-3H3. The molecule has 0 aliphatic carbocycles. The Kier molecular flexibility index (Phi) is 4.85. The minimum Gasteiger partial charge on any atom is -0.303 e. The molecular weight excluding hydrogens is 266 g/mol. The van der Waals surface area contributed by atoms with E-state index in [1.54, 1.807) is 0 Å². The summed E-state index contributed by atoms with van der Waals surface area (Å²) < 4.78 is 0. The van der Waals surface area contributed by atoms with Crippen LogP contribution in [0.4, 0.5) is 0 Å². The van der Waals surface area contributed by atoms with Gasteiger partial charge < -0.3 is 5.32 Å². The summed E-state index contributed by atoms with van der Waals surface area (Å²) in [6.45, 7) is 7.26.